The topological polar surface area (TPSA) is 78.1 Å². The van der Waals surface area contributed by atoms with E-state index in [2.05, 4.69) is 56.2 Å². The van der Waals surface area contributed by atoms with Crippen LogP contribution in [-0.4, -0.2) is 42.1 Å². The van der Waals surface area contributed by atoms with Crippen molar-refractivity contribution in [3.8, 4) is 0 Å². The van der Waals surface area contributed by atoms with E-state index in [4.69, 9.17) is 0 Å². The Kier molecular flexibility index (Phi) is 6.86. The Morgan fingerprint density at radius 1 is 1.08 bits per heavy atom. The van der Waals surface area contributed by atoms with Crippen LogP contribution >= 0.6 is 0 Å². The summed E-state index contributed by atoms with van der Waals surface area (Å²) in [6.45, 7) is 11.2. The van der Waals surface area contributed by atoms with E-state index < -0.39 is 15.4 Å². The quantitative estimate of drug-likeness (QED) is 0.430. The largest absolute Gasteiger partial charge is 0.307 e. The molecule has 1 unspecified atom stereocenters. The number of hydrogen-bond donors (Lipinski definition) is 2. The molecule has 0 radical (unpaired) electrons. The maximum absolute atomic E-state index is 14.0. The highest BCUT2D eigenvalue weighted by atomic mass is 32.2. The highest BCUT2D eigenvalue weighted by molar-refractivity contribution is 7.89. The lowest BCUT2D eigenvalue weighted by Gasteiger charge is -2.51. The Labute approximate surface area is 225 Å². The average Bonchev–Trinajstić information content (AvgIpc) is 3.32. The normalized spacial score (nSPS) is 21.1. The molecule has 2 N–H and O–H groups in total. The van der Waals surface area contributed by atoms with Gasteiger partial charge in [-0.05, 0) is 65.3 Å². The van der Waals surface area contributed by atoms with Crippen LogP contribution in [0, 0.1) is 11.2 Å². The van der Waals surface area contributed by atoms with Crippen LogP contribution in [0.3, 0.4) is 0 Å². The van der Waals surface area contributed by atoms with Crippen molar-refractivity contribution in [1.29, 1.82) is 0 Å². The van der Waals surface area contributed by atoms with E-state index in [1.807, 2.05) is 30.5 Å². The highest BCUT2D eigenvalue weighted by Gasteiger charge is 2.50. The Balaban J connectivity index is 1.59. The minimum absolute atomic E-state index is 0.0630. The van der Waals surface area contributed by atoms with E-state index >= 15 is 0 Å². The fourth-order valence-electron chi connectivity index (χ4n) is 5.90. The lowest BCUT2D eigenvalue weighted by atomic mass is 9.63. The molecule has 8 heteroatoms. The molecule has 2 heterocycles. The molecule has 2 atom stereocenters. The zero-order chi connectivity index (χ0) is 27.3. The van der Waals surface area contributed by atoms with Crippen LogP contribution in [-0.2, 0) is 21.9 Å². The number of piperidine rings is 1. The molecule has 0 amide bonds. The number of sulfonamides is 1. The number of nitrogens with one attached hydrogen (secondary N) is 2. The van der Waals surface area contributed by atoms with Gasteiger partial charge in [0.1, 0.15) is 5.82 Å². The lowest BCUT2D eigenvalue weighted by Crippen LogP contribution is -2.55. The third kappa shape index (κ3) is 4.85. The third-order valence-electron chi connectivity index (χ3n) is 7.92. The number of fused-ring (bicyclic) bond motifs is 2. The van der Waals surface area contributed by atoms with Gasteiger partial charge >= 0.3 is 0 Å². The molecule has 3 aromatic rings. The number of H-pyrrole nitrogens is 1. The number of aromatic nitrogens is 2. The zero-order valence-corrected chi connectivity index (χ0v) is 23.6. The number of rotatable bonds is 6. The van der Waals surface area contributed by atoms with Gasteiger partial charge in [-0.2, -0.15) is 9.40 Å². The fourth-order valence-corrected chi connectivity index (χ4v) is 7.41. The number of hydrogen-bond acceptors (Lipinski definition) is 4. The molecule has 2 aliphatic rings. The monoisotopic (exact) mass is 536 g/mol. The summed E-state index contributed by atoms with van der Waals surface area (Å²) in [5.41, 5.74) is 4.63. The molecule has 0 saturated carbocycles. The summed E-state index contributed by atoms with van der Waals surface area (Å²) in [4.78, 5) is 0.308. The third-order valence-corrected chi connectivity index (χ3v) is 9.78. The standard InChI is InChI=1S/C30H37FN4O2S/c1-20(2)33-28(21-6-10-25(31)11-7-21)30-17-22-18-32-34-27(22)16-24(30)14-15-35(19-30)38(36,37)26-12-8-23(9-13-26)29(3,4)5/h6-13,16,18,20,28,33H,14-15,17,19H2,1-5H3,(H,32,34)/t28-,30?/m0/s1. The minimum Gasteiger partial charge on any atom is -0.307 e. The van der Waals surface area contributed by atoms with Crippen molar-refractivity contribution in [2.45, 2.75) is 69.9 Å². The highest BCUT2D eigenvalue weighted by Crippen LogP contribution is 2.52. The first-order chi connectivity index (χ1) is 17.9. The van der Waals surface area contributed by atoms with E-state index in [0.29, 0.717) is 30.8 Å². The van der Waals surface area contributed by atoms with Crippen molar-refractivity contribution >= 4 is 16.1 Å². The van der Waals surface area contributed by atoms with Gasteiger partial charge in [0.05, 0.1) is 16.8 Å². The van der Waals surface area contributed by atoms with E-state index in [-0.39, 0.29) is 23.3 Å². The van der Waals surface area contributed by atoms with Gasteiger partial charge < -0.3 is 5.32 Å². The van der Waals surface area contributed by atoms with Crippen LogP contribution in [0.25, 0.3) is 6.08 Å². The van der Waals surface area contributed by atoms with Gasteiger partial charge in [0.2, 0.25) is 10.0 Å². The van der Waals surface area contributed by atoms with E-state index in [1.165, 1.54) is 17.7 Å². The van der Waals surface area contributed by atoms with Crippen molar-refractivity contribution in [3.05, 3.63) is 88.5 Å². The molecule has 38 heavy (non-hydrogen) atoms. The van der Waals surface area contributed by atoms with Crippen LogP contribution in [0.4, 0.5) is 4.39 Å². The van der Waals surface area contributed by atoms with Gasteiger partial charge in [-0.25, -0.2) is 12.8 Å². The van der Waals surface area contributed by atoms with E-state index in [0.717, 1.165) is 22.4 Å². The summed E-state index contributed by atoms with van der Waals surface area (Å²) in [5, 5.41) is 11.1. The number of benzene rings is 2. The molecule has 0 bridgehead atoms. The van der Waals surface area contributed by atoms with E-state index in [9.17, 15) is 12.8 Å². The van der Waals surface area contributed by atoms with Crippen molar-refractivity contribution < 1.29 is 12.8 Å². The van der Waals surface area contributed by atoms with Gasteiger partial charge in [-0.15, -0.1) is 0 Å². The lowest BCUT2D eigenvalue weighted by molar-refractivity contribution is 0.146. The summed E-state index contributed by atoms with van der Waals surface area (Å²) in [6.07, 6.45) is 5.21. The van der Waals surface area contributed by atoms with Crippen LogP contribution in [0.1, 0.15) is 69.5 Å². The fraction of sp³-hybridized carbons (Fsp3) is 0.433. The predicted molar refractivity (Wildman–Crippen MR) is 149 cm³/mol. The van der Waals surface area contributed by atoms with Crippen LogP contribution in [0.2, 0.25) is 0 Å². The summed E-state index contributed by atoms with van der Waals surface area (Å²) in [7, 11) is -3.73. The summed E-state index contributed by atoms with van der Waals surface area (Å²) in [5.74, 6) is -0.294. The van der Waals surface area contributed by atoms with Crippen molar-refractivity contribution in [2.75, 3.05) is 13.1 Å². The zero-order valence-electron chi connectivity index (χ0n) is 22.8. The van der Waals surface area contributed by atoms with E-state index in [1.54, 1.807) is 16.4 Å². The second kappa shape index (κ2) is 9.74. The number of halogens is 1. The Hall–Kier alpha value is -2.81. The van der Waals surface area contributed by atoms with Gasteiger partial charge in [0.15, 0.2) is 0 Å². The molecule has 1 fully saturated rings. The van der Waals surface area contributed by atoms with Gasteiger partial charge in [-0.1, -0.05) is 64.5 Å². The molecule has 2 aromatic carbocycles. The average molecular weight is 537 g/mol. The Bertz CT molecular complexity index is 1440. The van der Waals surface area contributed by atoms with Crippen molar-refractivity contribution in [1.82, 2.24) is 19.8 Å². The SMILES string of the molecule is CC(C)N[C@@H](c1ccc(F)cc1)C12Cc3cn[nH]c3C=C1CCN(S(=O)(=O)c1ccc(C(C)(C)C)cc1)C2. The number of nitrogens with zero attached hydrogens (tertiary/aromatic N) is 2. The second-order valence-electron chi connectivity index (χ2n) is 12.0. The molecule has 1 aromatic heterocycles. The first kappa shape index (κ1) is 26.8. The van der Waals surface area contributed by atoms with Gasteiger partial charge in [-0.3, -0.25) is 5.10 Å². The summed E-state index contributed by atoms with van der Waals surface area (Å²) in [6, 6.07) is 13.8. The summed E-state index contributed by atoms with van der Waals surface area (Å²) >= 11 is 0. The Morgan fingerprint density at radius 2 is 1.76 bits per heavy atom. The van der Waals surface area contributed by atoms with Crippen LogP contribution < -0.4 is 5.32 Å². The molecule has 6 nitrogen and oxygen atoms in total. The molecular formula is C30H37FN4O2S. The maximum atomic E-state index is 14.0. The van der Waals surface area contributed by atoms with Crippen molar-refractivity contribution in [3.63, 3.8) is 0 Å². The van der Waals surface area contributed by atoms with Crippen molar-refractivity contribution in [2.24, 2.45) is 5.41 Å². The smallest absolute Gasteiger partial charge is 0.243 e. The van der Waals surface area contributed by atoms with Crippen LogP contribution in [0.15, 0.2) is 65.2 Å². The molecule has 5 rings (SSSR count). The van der Waals surface area contributed by atoms with Gasteiger partial charge in [0.25, 0.3) is 0 Å². The molecule has 1 saturated heterocycles. The molecular weight excluding hydrogens is 499 g/mol. The molecule has 1 aliphatic carbocycles. The summed E-state index contributed by atoms with van der Waals surface area (Å²) < 4.78 is 43.6. The second-order valence-corrected chi connectivity index (χ2v) is 13.9. The minimum atomic E-state index is -3.73. The molecule has 202 valence electrons. The first-order valence-corrected chi connectivity index (χ1v) is 14.7. The number of aromatic amines is 1. The molecule has 0 spiro atoms. The van der Waals surface area contributed by atoms with Gasteiger partial charge in [0, 0.05) is 30.6 Å². The van der Waals surface area contributed by atoms with Crippen LogP contribution in [0.5, 0.6) is 0 Å². The maximum Gasteiger partial charge on any atom is 0.243 e. The molecule has 1 aliphatic heterocycles. The Morgan fingerprint density at radius 3 is 2.39 bits per heavy atom. The first-order valence-electron chi connectivity index (χ1n) is 13.3. The predicted octanol–water partition coefficient (Wildman–Crippen LogP) is 5.61.